The molecule has 146 valence electrons. The summed E-state index contributed by atoms with van der Waals surface area (Å²) in [6, 6.07) is 17.7. The molecule has 10 nitrogen and oxygen atoms in total. The first-order valence-electron chi connectivity index (χ1n) is 7.89. The van der Waals surface area contributed by atoms with Crippen LogP contribution < -0.4 is 15.4 Å². The summed E-state index contributed by atoms with van der Waals surface area (Å²) < 4.78 is 17.6. The molecule has 3 N–H and O–H groups in total. The Morgan fingerprint density at radius 2 is 1.79 bits per heavy atom. The number of nitro benzene ring substituents is 1. The Bertz CT molecular complexity index is 1010. The second kappa shape index (κ2) is 9.94. The predicted octanol–water partition coefficient (Wildman–Crippen LogP) is 2.37. The fourth-order valence-corrected chi connectivity index (χ4v) is 2.19. The van der Waals surface area contributed by atoms with Gasteiger partial charge in [-0.3, -0.25) is 10.1 Å². The van der Waals surface area contributed by atoms with Crippen molar-refractivity contribution in [2.75, 3.05) is 17.3 Å². The van der Waals surface area contributed by atoms with Gasteiger partial charge in [0, 0.05) is 36.8 Å². The van der Waals surface area contributed by atoms with Crippen molar-refractivity contribution in [1.29, 1.82) is 0 Å². The molecule has 3 rings (SSSR count). The van der Waals surface area contributed by atoms with Crippen molar-refractivity contribution in [3.63, 3.8) is 0 Å². The van der Waals surface area contributed by atoms with Gasteiger partial charge in [0.15, 0.2) is 10.9 Å². The molecule has 28 heavy (non-hydrogen) atoms. The third-order valence-corrected chi connectivity index (χ3v) is 3.44. The minimum atomic E-state index is -2.62. The van der Waals surface area contributed by atoms with E-state index in [1.165, 1.54) is 12.1 Å². The van der Waals surface area contributed by atoms with E-state index < -0.39 is 15.8 Å². The van der Waals surface area contributed by atoms with E-state index in [0.29, 0.717) is 17.5 Å². The van der Waals surface area contributed by atoms with Gasteiger partial charge >= 0.3 is 0 Å². The molecule has 0 saturated heterocycles. The van der Waals surface area contributed by atoms with Gasteiger partial charge in [-0.05, 0) is 24.3 Å². The van der Waals surface area contributed by atoms with Crippen LogP contribution in [0.25, 0.3) is 0 Å². The molecule has 11 heteroatoms. The molecule has 0 saturated carbocycles. The Morgan fingerprint density at radius 3 is 2.43 bits per heavy atom. The summed E-state index contributed by atoms with van der Waals surface area (Å²) >= 11 is 0. The summed E-state index contributed by atoms with van der Waals surface area (Å²) in [6.45, 7) is 0. The van der Waals surface area contributed by atoms with Crippen molar-refractivity contribution in [3.8, 4) is 0 Å². The van der Waals surface area contributed by atoms with Gasteiger partial charge in [-0.2, -0.15) is 4.98 Å². The van der Waals surface area contributed by atoms with Crippen molar-refractivity contribution in [3.05, 3.63) is 77.0 Å². The number of anilines is 4. The second-order valence-electron chi connectivity index (χ2n) is 5.35. The molecule has 3 aromatic rings. The maximum Gasteiger partial charge on any atom is 0.271 e. The summed E-state index contributed by atoms with van der Waals surface area (Å²) in [5.41, 5.74) is 1.59. The number of benzene rings is 2. The number of thiol groups is 1. The number of hydrogen-bond donors (Lipinski definition) is 3. The lowest BCUT2D eigenvalue weighted by Gasteiger charge is -2.18. The highest BCUT2D eigenvalue weighted by Crippen LogP contribution is 2.26. The van der Waals surface area contributed by atoms with E-state index in [1.54, 1.807) is 36.3 Å². The van der Waals surface area contributed by atoms with Crippen LogP contribution in [0.15, 0.2) is 66.9 Å². The van der Waals surface area contributed by atoms with Gasteiger partial charge in [-0.1, -0.05) is 24.3 Å². The molecule has 0 spiro atoms. The molecule has 2 aromatic carbocycles. The molecule has 1 heterocycles. The van der Waals surface area contributed by atoms with Gasteiger partial charge in [0.05, 0.1) is 4.92 Å². The first kappa shape index (κ1) is 20.7. The highest BCUT2D eigenvalue weighted by Gasteiger charge is 2.11. The zero-order valence-corrected chi connectivity index (χ0v) is 15.7. The molecular formula is C17H18N6O4S. The topological polar surface area (TPSA) is 144 Å². The van der Waals surface area contributed by atoms with Gasteiger partial charge in [-0.25, -0.2) is 18.5 Å². The van der Waals surface area contributed by atoms with E-state index in [4.69, 9.17) is 8.42 Å². The normalized spacial score (nSPS) is 9.96. The Hall–Kier alpha value is -3.57. The summed E-state index contributed by atoms with van der Waals surface area (Å²) in [7, 11) is -0.821. The summed E-state index contributed by atoms with van der Waals surface area (Å²) in [6.07, 6.45) is 1.64. The standard InChI is InChI=1S/C17H15N5O2.H3NO2S/c1-21(14-8-5-9-15(12-14)22(23)24)16-10-11-18-17(20-16)19-13-6-3-2-4-7-13;1-4(2)3/h2-12H,1H3,(H,18,19,20);4H,(H2,1,2,3). The lowest BCUT2D eigenvalue weighted by molar-refractivity contribution is -0.384. The highest BCUT2D eigenvalue weighted by molar-refractivity contribution is 7.69. The lowest BCUT2D eigenvalue weighted by atomic mass is 10.2. The van der Waals surface area contributed by atoms with Crippen molar-refractivity contribution in [1.82, 2.24) is 9.97 Å². The number of nitrogens with two attached hydrogens (primary N) is 1. The first-order chi connectivity index (χ1) is 13.4. The lowest BCUT2D eigenvalue weighted by Crippen LogP contribution is -2.12. The van der Waals surface area contributed by atoms with Gasteiger partial charge in [0.1, 0.15) is 5.82 Å². The van der Waals surface area contributed by atoms with Crippen molar-refractivity contribution < 1.29 is 13.3 Å². The molecule has 0 aliphatic heterocycles. The smallest absolute Gasteiger partial charge is 0.271 e. The van der Waals surface area contributed by atoms with Crippen LogP contribution in [0.4, 0.5) is 28.8 Å². The highest BCUT2D eigenvalue weighted by atomic mass is 32.2. The number of para-hydroxylation sites is 1. The minimum absolute atomic E-state index is 0.0380. The number of nitrogens with zero attached hydrogens (tertiary/aromatic N) is 4. The summed E-state index contributed by atoms with van der Waals surface area (Å²) in [4.78, 5) is 20.9. The monoisotopic (exact) mass is 402 g/mol. The van der Waals surface area contributed by atoms with E-state index in [9.17, 15) is 10.1 Å². The van der Waals surface area contributed by atoms with Crippen molar-refractivity contribution in [2.24, 2.45) is 5.14 Å². The zero-order valence-electron chi connectivity index (χ0n) is 14.8. The third-order valence-electron chi connectivity index (χ3n) is 3.44. The Morgan fingerprint density at radius 1 is 1.11 bits per heavy atom. The first-order valence-corrected chi connectivity index (χ1v) is 9.14. The Kier molecular flexibility index (Phi) is 7.37. The van der Waals surface area contributed by atoms with Gasteiger partial charge in [0.2, 0.25) is 5.95 Å². The van der Waals surface area contributed by atoms with Crippen LogP contribution in [0.1, 0.15) is 0 Å². The largest absolute Gasteiger partial charge is 0.329 e. The van der Waals surface area contributed by atoms with Crippen molar-refractivity contribution in [2.45, 2.75) is 0 Å². The zero-order chi connectivity index (χ0) is 20.5. The number of aromatic nitrogens is 2. The van der Waals surface area contributed by atoms with Crippen LogP contribution in [0, 0.1) is 10.1 Å². The number of hydrogen-bond acceptors (Lipinski definition) is 8. The molecule has 0 aliphatic rings. The van der Waals surface area contributed by atoms with E-state index >= 15 is 0 Å². The van der Waals surface area contributed by atoms with Gasteiger partial charge in [0.25, 0.3) is 5.69 Å². The molecule has 1 aromatic heterocycles. The SMILES string of the molecule is CN(c1cccc([N+](=O)[O-])c1)c1ccnc(Nc2ccccc2)n1.N[SH](=O)=O. The molecule has 0 unspecified atom stereocenters. The third kappa shape index (κ3) is 6.30. The molecule has 0 aliphatic carbocycles. The number of rotatable bonds is 5. The van der Waals surface area contributed by atoms with E-state index in [1.807, 2.05) is 30.3 Å². The molecule has 0 amide bonds. The second-order valence-corrected chi connectivity index (χ2v) is 5.92. The molecule has 0 radical (unpaired) electrons. The fourth-order valence-electron chi connectivity index (χ4n) is 2.19. The average Bonchev–Trinajstić information content (AvgIpc) is 2.68. The fraction of sp³-hybridized carbons (Fsp3) is 0.0588. The molecule has 0 atom stereocenters. The van der Waals surface area contributed by atoms with Crippen LogP contribution in [0.2, 0.25) is 0 Å². The van der Waals surface area contributed by atoms with E-state index in [-0.39, 0.29) is 5.69 Å². The maximum atomic E-state index is 10.9. The van der Waals surface area contributed by atoms with Gasteiger partial charge in [-0.15, -0.1) is 0 Å². The summed E-state index contributed by atoms with van der Waals surface area (Å²) in [5.74, 6) is 1.08. The van der Waals surface area contributed by atoms with E-state index in [0.717, 1.165) is 5.69 Å². The van der Waals surface area contributed by atoms with Crippen LogP contribution in [0.5, 0.6) is 0 Å². The number of nitrogens with one attached hydrogen (secondary N) is 1. The van der Waals surface area contributed by atoms with Crippen LogP contribution in [0.3, 0.4) is 0 Å². The molecule has 0 bridgehead atoms. The molecule has 0 fully saturated rings. The number of nitro groups is 1. The van der Waals surface area contributed by atoms with Gasteiger partial charge < -0.3 is 10.2 Å². The average molecular weight is 402 g/mol. The van der Waals surface area contributed by atoms with Crippen molar-refractivity contribution >= 4 is 39.7 Å². The van der Waals surface area contributed by atoms with Crippen LogP contribution >= 0.6 is 0 Å². The van der Waals surface area contributed by atoms with Crippen LogP contribution in [-0.2, 0) is 10.9 Å². The van der Waals surface area contributed by atoms with Crippen LogP contribution in [-0.4, -0.2) is 30.4 Å². The summed E-state index contributed by atoms with van der Waals surface area (Å²) in [5, 5.41) is 18.1. The predicted molar refractivity (Wildman–Crippen MR) is 107 cm³/mol. The molecular weight excluding hydrogens is 384 g/mol. The minimum Gasteiger partial charge on any atom is -0.329 e. The van der Waals surface area contributed by atoms with E-state index in [2.05, 4.69) is 20.4 Å². The number of non-ortho nitro benzene ring substituents is 1. The Balaban J connectivity index is 0.000000640. The Labute approximate surface area is 162 Å². The quantitative estimate of drug-likeness (QED) is 0.335. The maximum absolute atomic E-state index is 10.9.